The van der Waals surface area contributed by atoms with Gasteiger partial charge in [0.2, 0.25) is 0 Å². The highest BCUT2D eigenvalue weighted by atomic mass is 16.5. The molecule has 0 saturated heterocycles. The van der Waals surface area contributed by atoms with Crippen LogP contribution in [0.5, 0.6) is 5.75 Å². The molecule has 1 saturated carbocycles. The summed E-state index contributed by atoms with van der Waals surface area (Å²) < 4.78 is 5.28. The van der Waals surface area contributed by atoms with Crippen molar-refractivity contribution in [2.24, 2.45) is 11.8 Å². The van der Waals surface area contributed by atoms with Crippen molar-refractivity contribution >= 4 is 0 Å². The van der Waals surface area contributed by atoms with Crippen molar-refractivity contribution in [2.75, 3.05) is 13.7 Å². The Bertz CT molecular complexity index is 387. The van der Waals surface area contributed by atoms with Crippen molar-refractivity contribution in [2.45, 2.75) is 52.0 Å². The number of ether oxygens (including phenoxy) is 1. The number of nitrogens with one attached hydrogen (secondary N) is 1. The Balaban J connectivity index is 2.19. The molecular weight excluding hydrogens is 246 g/mol. The van der Waals surface area contributed by atoms with Gasteiger partial charge in [-0.1, -0.05) is 51.7 Å². The lowest BCUT2D eigenvalue weighted by atomic mass is 9.72. The van der Waals surface area contributed by atoms with Crippen LogP contribution in [0.4, 0.5) is 0 Å². The van der Waals surface area contributed by atoms with Crippen LogP contribution in [0.2, 0.25) is 0 Å². The lowest BCUT2D eigenvalue weighted by Gasteiger charge is -2.37. The number of hydrogen-bond donors (Lipinski definition) is 1. The topological polar surface area (TPSA) is 21.3 Å². The van der Waals surface area contributed by atoms with Crippen molar-refractivity contribution in [3.63, 3.8) is 0 Å². The molecule has 0 heterocycles. The van der Waals surface area contributed by atoms with Crippen LogP contribution in [0, 0.1) is 11.8 Å². The molecule has 3 atom stereocenters. The van der Waals surface area contributed by atoms with E-state index < -0.39 is 0 Å². The molecular formula is C18H29NO. The Kier molecular flexibility index (Phi) is 5.90. The fourth-order valence-corrected chi connectivity index (χ4v) is 3.73. The van der Waals surface area contributed by atoms with Crippen LogP contribution in [-0.2, 0) is 0 Å². The third-order valence-corrected chi connectivity index (χ3v) is 4.82. The minimum Gasteiger partial charge on any atom is -0.497 e. The molecule has 1 aromatic carbocycles. The predicted molar refractivity (Wildman–Crippen MR) is 85.2 cm³/mol. The molecule has 2 nitrogen and oxygen atoms in total. The minimum absolute atomic E-state index is 0.496. The molecule has 112 valence electrons. The predicted octanol–water partition coefficient (Wildman–Crippen LogP) is 4.56. The highest BCUT2D eigenvalue weighted by Crippen LogP contribution is 2.40. The van der Waals surface area contributed by atoms with Gasteiger partial charge in [-0.3, -0.25) is 0 Å². The minimum atomic E-state index is 0.496. The van der Waals surface area contributed by atoms with Crippen LogP contribution in [0.3, 0.4) is 0 Å². The highest BCUT2D eigenvalue weighted by molar-refractivity contribution is 5.29. The lowest BCUT2D eigenvalue weighted by Crippen LogP contribution is -2.34. The van der Waals surface area contributed by atoms with E-state index >= 15 is 0 Å². The van der Waals surface area contributed by atoms with Crippen LogP contribution in [0.15, 0.2) is 24.3 Å². The quantitative estimate of drug-likeness (QED) is 0.821. The molecule has 20 heavy (non-hydrogen) atoms. The second-order valence-electron chi connectivity index (χ2n) is 5.93. The molecule has 0 radical (unpaired) electrons. The molecule has 1 N–H and O–H groups in total. The SMILES string of the molecule is CCNC(c1ccc(OC)cc1)C1CCCCC1CC. The normalized spacial score (nSPS) is 24.4. The van der Waals surface area contributed by atoms with Crippen molar-refractivity contribution in [3.05, 3.63) is 29.8 Å². The van der Waals surface area contributed by atoms with E-state index in [0.29, 0.717) is 6.04 Å². The second kappa shape index (κ2) is 7.68. The first kappa shape index (κ1) is 15.4. The molecule has 2 rings (SSSR count). The number of methoxy groups -OCH3 is 1. The second-order valence-corrected chi connectivity index (χ2v) is 5.93. The first-order chi connectivity index (χ1) is 9.80. The first-order valence-corrected chi connectivity index (χ1v) is 8.17. The molecule has 0 bridgehead atoms. The van der Waals surface area contributed by atoms with Crippen LogP contribution < -0.4 is 10.1 Å². The van der Waals surface area contributed by atoms with Gasteiger partial charge in [-0.15, -0.1) is 0 Å². The first-order valence-electron chi connectivity index (χ1n) is 8.17. The third kappa shape index (κ3) is 3.54. The van der Waals surface area contributed by atoms with Gasteiger partial charge in [0.15, 0.2) is 0 Å². The van der Waals surface area contributed by atoms with E-state index in [9.17, 15) is 0 Å². The van der Waals surface area contributed by atoms with Crippen molar-refractivity contribution in [1.82, 2.24) is 5.32 Å². The molecule has 3 unspecified atom stereocenters. The zero-order valence-corrected chi connectivity index (χ0v) is 13.2. The van der Waals surface area contributed by atoms with Gasteiger partial charge < -0.3 is 10.1 Å². The van der Waals surface area contributed by atoms with E-state index in [-0.39, 0.29) is 0 Å². The summed E-state index contributed by atoms with van der Waals surface area (Å²) in [6, 6.07) is 9.13. The summed E-state index contributed by atoms with van der Waals surface area (Å²) in [4.78, 5) is 0. The number of benzene rings is 1. The Hall–Kier alpha value is -1.02. The maximum Gasteiger partial charge on any atom is 0.118 e. The van der Waals surface area contributed by atoms with Gasteiger partial charge in [0, 0.05) is 6.04 Å². The smallest absolute Gasteiger partial charge is 0.118 e. The van der Waals surface area contributed by atoms with Gasteiger partial charge in [-0.25, -0.2) is 0 Å². The lowest BCUT2D eigenvalue weighted by molar-refractivity contribution is 0.176. The van der Waals surface area contributed by atoms with E-state index in [1.165, 1.54) is 37.7 Å². The average Bonchev–Trinajstić information content (AvgIpc) is 2.53. The van der Waals surface area contributed by atoms with Crippen LogP contribution in [0.25, 0.3) is 0 Å². The molecule has 1 aliphatic carbocycles. The van der Waals surface area contributed by atoms with E-state index in [0.717, 1.165) is 24.1 Å². The summed E-state index contributed by atoms with van der Waals surface area (Å²) in [6.45, 7) is 5.59. The summed E-state index contributed by atoms with van der Waals surface area (Å²) >= 11 is 0. The highest BCUT2D eigenvalue weighted by Gasteiger charge is 2.31. The maximum atomic E-state index is 5.28. The van der Waals surface area contributed by atoms with Crippen molar-refractivity contribution < 1.29 is 4.74 Å². The van der Waals surface area contributed by atoms with Gasteiger partial charge in [0.05, 0.1) is 7.11 Å². The fraction of sp³-hybridized carbons (Fsp3) is 0.667. The fourth-order valence-electron chi connectivity index (χ4n) is 3.73. The van der Waals surface area contributed by atoms with Crippen LogP contribution in [0.1, 0.15) is 57.6 Å². The van der Waals surface area contributed by atoms with Gasteiger partial charge >= 0.3 is 0 Å². The summed E-state index contributed by atoms with van der Waals surface area (Å²) in [6.07, 6.45) is 6.87. The van der Waals surface area contributed by atoms with Crippen molar-refractivity contribution in [3.8, 4) is 5.75 Å². The van der Waals surface area contributed by atoms with E-state index in [2.05, 4.69) is 43.4 Å². The summed E-state index contributed by atoms with van der Waals surface area (Å²) in [5.74, 6) is 2.59. The van der Waals surface area contributed by atoms with Gasteiger partial charge in [0.25, 0.3) is 0 Å². The zero-order valence-electron chi connectivity index (χ0n) is 13.2. The molecule has 2 heteroatoms. The summed E-state index contributed by atoms with van der Waals surface area (Å²) in [5, 5.41) is 3.73. The zero-order chi connectivity index (χ0) is 14.4. The Morgan fingerprint density at radius 3 is 2.45 bits per heavy atom. The molecule has 0 amide bonds. The molecule has 0 aromatic heterocycles. The third-order valence-electron chi connectivity index (χ3n) is 4.82. The van der Waals surface area contributed by atoms with Crippen LogP contribution >= 0.6 is 0 Å². The van der Waals surface area contributed by atoms with E-state index in [1.807, 2.05) is 0 Å². The Morgan fingerprint density at radius 2 is 1.85 bits per heavy atom. The van der Waals surface area contributed by atoms with E-state index in [1.54, 1.807) is 7.11 Å². The average molecular weight is 275 g/mol. The molecule has 1 aromatic rings. The van der Waals surface area contributed by atoms with Gasteiger partial charge in [-0.05, 0) is 42.5 Å². The standard InChI is InChI=1S/C18H29NO/c1-4-14-8-6-7-9-17(14)18(19-5-2)15-10-12-16(20-3)13-11-15/h10-14,17-19H,4-9H2,1-3H3. The molecule has 0 aliphatic heterocycles. The van der Waals surface area contributed by atoms with Crippen LogP contribution in [-0.4, -0.2) is 13.7 Å². The van der Waals surface area contributed by atoms with Crippen molar-refractivity contribution in [1.29, 1.82) is 0 Å². The Labute approximate surface area is 123 Å². The molecule has 0 spiro atoms. The number of rotatable bonds is 6. The summed E-state index contributed by atoms with van der Waals surface area (Å²) in [5.41, 5.74) is 1.41. The number of hydrogen-bond acceptors (Lipinski definition) is 2. The van der Waals surface area contributed by atoms with Gasteiger partial charge in [0.1, 0.15) is 5.75 Å². The van der Waals surface area contributed by atoms with E-state index in [4.69, 9.17) is 4.74 Å². The summed E-state index contributed by atoms with van der Waals surface area (Å²) in [7, 11) is 1.73. The monoisotopic (exact) mass is 275 g/mol. The Morgan fingerprint density at radius 1 is 1.15 bits per heavy atom. The van der Waals surface area contributed by atoms with Gasteiger partial charge in [-0.2, -0.15) is 0 Å². The largest absolute Gasteiger partial charge is 0.497 e. The maximum absolute atomic E-state index is 5.28. The molecule has 1 fully saturated rings. The molecule has 1 aliphatic rings.